The molecule has 0 saturated heterocycles. The summed E-state index contributed by atoms with van der Waals surface area (Å²) in [5.41, 5.74) is -17.6. The number of nitriles is 4. The van der Waals surface area contributed by atoms with Gasteiger partial charge < -0.3 is 0 Å². The maximum absolute atomic E-state index is 15.1. The molecule has 48 heavy (non-hydrogen) atoms. The van der Waals surface area contributed by atoms with Crippen molar-refractivity contribution in [3.8, 4) is 24.3 Å². The van der Waals surface area contributed by atoms with Gasteiger partial charge in [-0.05, 0) is 11.1 Å². The van der Waals surface area contributed by atoms with Gasteiger partial charge in [0.25, 0.3) is 5.69 Å². The molecule has 0 bridgehead atoms. The third kappa shape index (κ3) is 4.64. The van der Waals surface area contributed by atoms with Crippen molar-refractivity contribution in [1.82, 2.24) is 0 Å². The van der Waals surface area contributed by atoms with Crippen LogP contribution in [0.4, 0.5) is 58.4 Å². The van der Waals surface area contributed by atoms with Gasteiger partial charge in [0.15, 0.2) is 69.8 Å². The molecular weight excluding hydrogens is 672 g/mol. The molecule has 0 N–H and O–H groups in total. The molecular formula is C30H2F12N6. The average molecular weight is 674 g/mol. The standard InChI is InChI=1S/C30H2F12N6/c1-47-29(16-25(39)19(33)10(6-46)20(34)26(16)40)15-11(7(3-43)13-21(35)17(31)9(5-45)18(32)22(13)36)12(15)8(4-44)14-23(37)27(41)30(48-2)28(42)24(14)38/h7,11H/b12-8-,29-15-. The lowest BCUT2D eigenvalue weighted by Crippen LogP contribution is -2.12. The van der Waals surface area contributed by atoms with E-state index in [9.17, 15) is 36.9 Å². The Labute approximate surface area is 258 Å². The van der Waals surface area contributed by atoms with Gasteiger partial charge in [-0.25, -0.2) is 62.4 Å². The Bertz CT molecular complexity index is 2150. The van der Waals surface area contributed by atoms with E-state index in [-0.39, 0.29) is 0 Å². The molecule has 1 saturated carbocycles. The maximum Gasteiger partial charge on any atom is 0.262 e. The van der Waals surface area contributed by atoms with Gasteiger partial charge in [-0.2, -0.15) is 21.0 Å². The summed E-state index contributed by atoms with van der Waals surface area (Å²) in [7, 11) is 0. The second-order valence-electron chi connectivity index (χ2n) is 9.22. The minimum Gasteiger partial charge on any atom is -0.237 e. The van der Waals surface area contributed by atoms with E-state index < -0.39 is 138 Å². The molecule has 18 heteroatoms. The highest BCUT2D eigenvalue weighted by Gasteiger charge is 2.52. The summed E-state index contributed by atoms with van der Waals surface area (Å²) in [6.07, 6.45) is 0. The van der Waals surface area contributed by atoms with Crippen LogP contribution in [0.3, 0.4) is 0 Å². The molecule has 0 amide bonds. The molecule has 2 unspecified atom stereocenters. The van der Waals surface area contributed by atoms with Crippen molar-refractivity contribution in [3.63, 3.8) is 0 Å². The number of allylic oxidation sites excluding steroid dienone is 3. The van der Waals surface area contributed by atoms with Gasteiger partial charge in [-0.3, -0.25) is 0 Å². The first-order chi connectivity index (χ1) is 22.6. The number of benzene rings is 3. The molecule has 6 nitrogen and oxygen atoms in total. The summed E-state index contributed by atoms with van der Waals surface area (Å²) in [4.78, 5) is 4.89. The average Bonchev–Trinajstić information content (AvgIpc) is 3.78. The van der Waals surface area contributed by atoms with Crippen LogP contribution in [-0.4, -0.2) is 0 Å². The quantitative estimate of drug-likeness (QED) is 0.121. The van der Waals surface area contributed by atoms with Crippen molar-refractivity contribution in [2.45, 2.75) is 5.92 Å². The number of hydrogen-bond donors (Lipinski definition) is 0. The molecule has 3 aromatic rings. The highest BCUT2D eigenvalue weighted by atomic mass is 19.2. The Morgan fingerprint density at radius 3 is 1.33 bits per heavy atom. The van der Waals surface area contributed by atoms with Crippen LogP contribution in [0.25, 0.3) is 21.0 Å². The molecule has 0 heterocycles. The van der Waals surface area contributed by atoms with Crippen LogP contribution in [-0.2, 0) is 0 Å². The van der Waals surface area contributed by atoms with Gasteiger partial charge in [0.2, 0.25) is 5.70 Å². The molecule has 0 aromatic heterocycles. The van der Waals surface area contributed by atoms with Crippen molar-refractivity contribution in [3.05, 3.63) is 132 Å². The summed E-state index contributed by atoms with van der Waals surface area (Å²) in [6, 6.07) is 3.65. The summed E-state index contributed by atoms with van der Waals surface area (Å²) in [5.74, 6) is -34.7. The van der Waals surface area contributed by atoms with Gasteiger partial charge in [0.05, 0.1) is 41.8 Å². The molecule has 2 atom stereocenters. The lowest BCUT2D eigenvalue weighted by atomic mass is 9.91. The first-order valence-corrected chi connectivity index (χ1v) is 12.0. The lowest BCUT2D eigenvalue weighted by molar-refractivity contribution is 0.429. The van der Waals surface area contributed by atoms with Crippen LogP contribution in [0, 0.1) is 134 Å². The van der Waals surface area contributed by atoms with Gasteiger partial charge in [0.1, 0.15) is 29.3 Å². The normalized spacial score (nSPS) is 16.0. The Morgan fingerprint density at radius 1 is 0.562 bits per heavy atom. The fourth-order valence-electron chi connectivity index (χ4n) is 4.84. The van der Waals surface area contributed by atoms with E-state index in [0.717, 1.165) is 24.3 Å². The molecule has 0 radical (unpaired) electrons. The van der Waals surface area contributed by atoms with E-state index in [1.54, 1.807) is 0 Å². The predicted octanol–water partition coefficient (Wildman–Crippen LogP) is 8.19. The van der Waals surface area contributed by atoms with Gasteiger partial charge in [-0.15, -0.1) is 0 Å². The van der Waals surface area contributed by atoms with Crippen LogP contribution in [0.2, 0.25) is 0 Å². The van der Waals surface area contributed by atoms with Crippen LogP contribution >= 0.6 is 0 Å². The van der Waals surface area contributed by atoms with E-state index in [2.05, 4.69) is 9.69 Å². The third-order valence-electron chi connectivity index (χ3n) is 6.98. The zero-order chi connectivity index (χ0) is 36.1. The van der Waals surface area contributed by atoms with Crippen LogP contribution in [0.1, 0.15) is 33.7 Å². The predicted molar refractivity (Wildman–Crippen MR) is 132 cm³/mol. The maximum atomic E-state index is 15.1. The molecule has 1 aliphatic carbocycles. The number of rotatable bonds is 4. The summed E-state index contributed by atoms with van der Waals surface area (Å²) in [6.45, 7) is 14.1. The Kier molecular flexibility index (Phi) is 8.68. The van der Waals surface area contributed by atoms with Crippen molar-refractivity contribution in [2.75, 3.05) is 0 Å². The van der Waals surface area contributed by atoms with Gasteiger partial charge in [0, 0.05) is 11.5 Å². The SMILES string of the molecule is [C-]#[N+]/C(=C1\C(=C(\C#N)c2c(F)c(F)c([N+]#[C-])c(F)c2F)C1C(C#N)c1c(F)c(F)c(C#N)c(F)c1F)c1c(F)c(F)c(C#N)c(F)c1F. The second-order valence-corrected chi connectivity index (χ2v) is 9.22. The Hall–Kier alpha value is -6.76. The second kappa shape index (κ2) is 12.2. The molecule has 1 fully saturated rings. The smallest absolute Gasteiger partial charge is 0.237 e. The topological polar surface area (TPSA) is 104 Å². The summed E-state index contributed by atoms with van der Waals surface area (Å²) >= 11 is 0. The van der Waals surface area contributed by atoms with Crippen molar-refractivity contribution in [1.29, 1.82) is 21.0 Å². The van der Waals surface area contributed by atoms with E-state index in [0.29, 0.717) is 0 Å². The molecule has 1 aliphatic rings. The van der Waals surface area contributed by atoms with Crippen molar-refractivity contribution in [2.24, 2.45) is 5.92 Å². The van der Waals surface area contributed by atoms with Gasteiger partial charge in [-0.1, -0.05) is 0 Å². The molecule has 236 valence electrons. The summed E-state index contributed by atoms with van der Waals surface area (Å²) in [5, 5.41) is 37.4. The zero-order valence-electron chi connectivity index (χ0n) is 22.4. The largest absolute Gasteiger partial charge is 0.262 e. The van der Waals surface area contributed by atoms with E-state index in [4.69, 9.17) is 23.7 Å². The van der Waals surface area contributed by atoms with E-state index in [1.165, 1.54) is 0 Å². The first kappa shape index (κ1) is 34.1. The highest BCUT2D eigenvalue weighted by Crippen LogP contribution is 2.61. The van der Waals surface area contributed by atoms with Crippen molar-refractivity contribution >= 4 is 17.0 Å². The van der Waals surface area contributed by atoms with Crippen LogP contribution in [0.5, 0.6) is 0 Å². The molecule has 3 aromatic carbocycles. The van der Waals surface area contributed by atoms with Crippen LogP contribution < -0.4 is 0 Å². The molecule has 0 spiro atoms. The minimum atomic E-state index is -2.82. The highest BCUT2D eigenvalue weighted by molar-refractivity contribution is 5.96. The zero-order valence-corrected chi connectivity index (χ0v) is 22.4. The summed E-state index contributed by atoms with van der Waals surface area (Å²) < 4.78 is 178. The monoisotopic (exact) mass is 674 g/mol. The fraction of sp³-hybridized carbons (Fsp3) is 0.0667. The Balaban J connectivity index is 2.27. The van der Waals surface area contributed by atoms with Crippen LogP contribution in [0.15, 0.2) is 11.1 Å². The number of hydrogen-bond acceptors (Lipinski definition) is 4. The minimum absolute atomic E-state index is 0.783. The fourth-order valence-corrected chi connectivity index (χ4v) is 4.84. The number of nitrogens with zero attached hydrogens (tertiary/aromatic N) is 6. The van der Waals surface area contributed by atoms with E-state index in [1.807, 2.05) is 0 Å². The lowest BCUT2D eigenvalue weighted by Gasteiger charge is -2.13. The first-order valence-electron chi connectivity index (χ1n) is 12.0. The third-order valence-corrected chi connectivity index (χ3v) is 6.98. The van der Waals surface area contributed by atoms with E-state index >= 15 is 26.3 Å². The van der Waals surface area contributed by atoms with Gasteiger partial charge >= 0.3 is 0 Å². The van der Waals surface area contributed by atoms with Crippen molar-refractivity contribution < 1.29 is 52.7 Å². The molecule has 0 aliphatic heterocycles. The molecule has 4 rings (SSSR count). The Morgan fingerprint density at radius 2 is 0.979 bits per heavy atom. The number of halogens is 12.